The fourth-order valence-corrected chi connectivity index (χ4v) is 2.49. The molecule has 0 atom stereocenters. The zero-order valence-corrected chi connectivity index (χ0v) is 13.9. The number of aryl methyl sites for hydroxylation is 1. The van der Waals surface area contributed by atoms with E-state index in [-0.39, 0.29) is 0 Å². The molecule has 0 saturated heterocycles. The molecule has 0 amide bonds. The summed E-state index contributed by atoms with van der Waals surface area (Å²) in [7, 11) is 0. The zero-order valence-electron chi connectivity index (χ0n) is 12.3. The Kier molecular flexibility index (Phi) is 8.79. The second kappa shape index (κ2) is 10.1. The summed E-state index contributed by atoms with van der Waals surface area (Å²) in [6, 6.07) is 5.94. The van der Waals surface area contributed by atoms with Gasteiger partial charge in [-0.15, -0.1) is 11.8 Å². The maximum absolute atomic E-state index is 11.2. The summed E-state index contributed by atoms with van der Waals surface area (Å²) in [6.07, 6.45) is 7.40. The van der Waals surface area contributed by atoms with E-state index < -0.39 is 0 Å². The van der Waals surface area contributed by atoms with E-state index in [2.05, 4.69) is 0 Å². The van der Waals surface area contributed by atoms with Crippen LogP contribution < -0.4 is 4.74 Å². The Balaban J connectivity index is 2.38. The van der Waals surface area contributed by atoms with E-state index in [9.17, 15) is 4.79 Å². The van der Waals surface area contributed by atoms with Crippen molar-refractivity contribution in [1.29, 1.82) is 0 Å². The van der Waals surface area contributed by atoms with Gasteiger partial charge < -0.3 is 4.74 Å². The van der Waals surface area contributed by atoms with Gasteiger partial charge in [0.2, 0.25) is 0 Å². The second-order valence-electron chi connectivity index (χ2n) is 4.73. The molecule has 1 aromatic carbocycles. The quantitative estimate of drug-likeness (QED) is 0.443. The number of carbonyl (C=O) groups is 1. The SMILES string of the molecule is CCC(=O)CCCCCc1cccc(OCSC)c1Cl. The van der Waals surface area contributed by atoms with Crippen LogP contribution in [0, 0.1) is 0 Å². The van der Waals surface area contributed by atoms with Crippen molar-refractivity contribution in [3.05, 3.63) is 28.8 Å². The second-order valence-corrected chi connectivity index (χ2v) is 5.92. The summed E-state index contributed by atoms with van der Waals surface area (Å²) in [5.74, 6) is 1.73. The van der Waals surface area contributed by atoms with Crippen molar-refractivity contribution in [3.8, 4) is 5.75 Å². The number of hydrogen-bond acceptors (Lipinski definition) is 3. The van der Waals surface area contributed by atoms with Crippen LogP contribution >= 0.6 is 23.4 Å². The molecule has 0 fully saturated rings. The molecule has 0 radical (unpaired) electrons. The fraction of sp³-hybridized carbons (Fsp3) is 0.562. The molecule has 0 saturated carbocycles. The van der Waals surface area contributed by atoms with E-state index in [1.807, 2.05) is 31.4 Å². The molecule has 20 heavy (non-hydrogen) atoms. The van der Waals surface area contributed by atoms with Gasteiger partial charge in [-0.1, -0.05) is 37.1 Å². The Morgan fingerprint density at radius 1 is 1.30 bits per heavy atom. The van der Waals surface area contributed by atoms with Crippen LogP contribution in [-0.4, -0.2) is 18.0 Å². The number of rotatable bonds is 10. The Bertz CT molecular complexity index is 421. The van der Waals surface area contributed by atoms with Crippen molar-refractivity contribution in [2.45, 2.75) is 45.4 Å². The van der Waals surface area contributed by atoms with Gasteiger partial charge in [0.1, 0.15) is 17.5 Å². The average Bonchev–Trinajstić information content (AvgIpc) is 2.47. The van der Waals surface area contributed by atoms with Gasteiger partial charge >= 0.3 is 0 Å². The molecule has 0 aliphatic heterocycles. The summed E-state index contributed by atoms with van der Waals surface area (Å²) in [5, 5.41) is 0.728. The molecular formula is C16H23ClO2S. The summed E-state index contributed by atoms with van der Waals surface area (Å²) < 4.78 is 5.59. The largest absolute Gasteiger partial charge is 0.481 e. The minimum atomic E-state index is 0.357. The summed E-state index contributed by atoms with van der Waals surface area (Å²) in [5.41, 5.74) is 1.13. The molecule has 4 heteroatoms. The molecular weight excluding hydrogens is 292 g/mol. The van der Waals surface area contributed by atoms with Crippen LogP contribution in [-0.2, 0) is 11.2 Å². The van der Waals surface area contributed by atoms with E-state index in [1.165, 1.54) is 0 Å². The lowest BCUT2D eigenvalue weighted by Gasteiger charge is -2.10. The topological polar surface area (TPSA) is 26.3 Å². The van der Waals surface area contributed by atoms with E-state index >= 15 is 0 Å². The van der Waals surface area contributed by atoms with Crippen LogP contribution in [0.3, 0.4) is 0 Å². The van der Waals surface area contributed by atoms with Gasteiger partial charge in [0, 0.05) is 12.8 Å². The number of carbonyl (C=O) groups excluding carboxylic acids is 1. The van der Waals surface area contributed by atoms with Crippen LogP contribution in [0.5, 0.6) is 5.75 Å². The number of benzene rings is 1. The molecule has 112 valence electrons. The molecule has 1 rings (SSSR count). The van der Waals surface area contributed by atoms with E-state index in [0.717, 1.165) is 42.0 Å². The first kappa shape index (κ1) is 17.4. The number of thioether (sulfide) groups is 1. The molecule has 1 aromatic rings. The van der Waals surface area contributed by atoms with Crippen molar-refractivity contribution >= 4 is 29.1 Å². The minimum absolute atomic E-state index is 0.357. The number of ketones is 1. The number of ether oxygens (including phenoxy) is 1. The highest BCUT2D eigenvalue weighted by atomic mass is 35.5. The highest BCUT2D eigenvalue weighted by molar-refractivity contribution is 7.98. The van der Waals surface area contributed by atoms with Crippen molar-refractivity contribution in [2.24, 2.45) is 0 Å². The molecule has 0 aromatic heterocycles. The number of halogens is 1. The molecule has 0 spiro atoms. The molecule has 0 bridgehead atoms. The Hall–Kier alpha value is -0.670. The first-order valence-corrected chi connectivity index (χ1v) is 8.87. The van der Waals surface area contributed by atoms with Crippen molar-refractivity contribution in [3.63, 3.8) is 0 Å². The van der Waals surface area contributed by atoms with Gasteiger partial charge in [-0.05, 0) is 37.1 Å². The lowest BCUT2D eigenvalue weighted by Crippen LogP contribution is -1.96. The molecule has 2 nitrogen and oxygen atoms in total. The van der Waals surface area contributed by atoms with Gasteiger partial charge in [0.25, 0.3) is 0 Å². The molecule has 0 aliphatic carbocycles. The number of hydrogen-bond donors (Lipinski definition) is 0. The molecule has 0 aliphatic rings. The van der Waals surface area contributed by atoms with Crippen molar-refractivity contribution < 1.29 is 9.53 Å². The number of unbranched alkanes of at least 4 members (excludes halogenated alkanes) is 2. The van der Waals surface area contributed by atoms with Gasteiger partial charge in [0.05, 0.1) is 5.02 Å². The first-order valence-electron chi connectivity index (χ1n) is 7.09. The Morgan fingerprint density at radius 2 is 2.10 bits per heavy atom. The highest BCUT2D eigenvalue weighted by Gasteiger charge is 2.07. The predicted molar refractivity (Wildman–Crippen MR) is 87.9 cm³/mol. The van der Waals surface area contributed by atoms with E-state index in [0.29, 0.717) is 24.6 Å². The van der Waals surface area contributed by atoms with Crippen molar-refractivity contribution in [1.82, 2.24) is 0 Å². The lowest BCUT2D eigenvalue weighted by atomic mass is 10.0. The Labute approximate surface area is 131 Å². The third kappa shape index (κ3) is 6.19. The molecule has 0 unspecified atom stereocenters. The smallest absolute Gasteiger partial charge is 0.139 e. The minimum Gasteiger partial charge on any atom is -0.481 e. The van der Waals surface area contributed by atoms with Crippen LogP contribution in [0.1, 0.15) is 44.6 Å². The van der Waals surface area contributed by atoms with Gasteiger partial charge in [0.15, 0.2) is 0 Å². The summed E-state index contributed by atoms with van der Waals surface area (Å²) >= 11 is 7.97. The summed E-state index contributed by atoms with van der Waals surface area (Å²) in [6.45, 7) is 1.92. The van der Waals surface area contributed by atoms with Gasteiger partial charge in [-0.25, -0.2) is 0 Å². The standard InChI is InChI=1S/C16H23ClO2S/c1-3-14(18)10-6-4-5-8-13-9-7-11-15(16(13)17)19-12-20-2/h7,9,11H,3-6,8,10,12H2,1-2H3. The highest BCUT2D eigenvalue weighted by Crippen LogP contribution is 2.29. The van der Waals surface area contributed by atoms with Crippen LogP contribution in [0.25, 0.3) is 0 Å². The number of Topliss-reactive ketones (excluding diaryl/α,β-unsaturated/α-hetero) is 1. The van der Waals surface area contributed by atoms with Crippen LogP contribution in [0.15, 0.2) is 18.2 Å². The molecule has 0 N–H and O–H groups in total. The van der Waals surface area contributed by atoms with Crippen LogP contribution in [0.2, 0.25) is 5.02 Å². The van der Waals surface area contributed by atoms with Gasteiger partial charge in [-0.2, -0.15) is 0 Å². The lowest BCUT2D eigenvalue weighted by molar-refractivity contribution is -0.118. The maximum atomic E-state index is 11.2. The Morgan fingerprint density at radius 3 is 2.80 bits per heavy atom. The normalized spacial score (nSPS) is 10.6. The maximum Gasteiger partial charge on any atom is 0.139 e. The zero-order chi connectivity index (χ0) is 14.8. The monoisotopic (exact) mass is 314 g/mol. The van der Waals surface area contributed by atoms with E-state index in [4.69, 9.17) is 16.3 Å². The summed E-state index contributed by atoms with van der Waals surface area (Å²) in [4.78, 5) is 11.2. The van der Waals surface area contributed by atoms with E-state index in [1.54, 1.807) is 11.8 Å². The van der Waals surface area contributed by atoms with Crippen LogP contribution in [0.4, 0.5) is 0 Å². The third-order valence-corrected chi connectivity index (χ3v) is 3.95. The fourth-order valence-electron chi connectivity index (χ4n) is 1.97. The average molecular weight is 315 g/mol. The predicted octanol–water partition coefficient (Wildman–Crippen LogP) is 5.12. The first-order chi connectivity index (χ1) is 9.69. The van der Waals surface area contributed by atoms with Crippen molar-refractivity contribution in [2.75, 3.05) is 12.2 Å². The van der Waals surface area contributed by atoms with Gasteiger partial charge in [-0.3, -0.25) is 4.79 Å². The third-order valence-electron chi connectivity index (χ3n) is 3.17. The molecule has 0 heterocycles.